The van der Waals surface area contributed by atoms with Crippen LogP contribution in [0.3, 0.4) is 0 Å². The number of aryl methyl sites for hydroxylation is 1. The maximum Gasteiger partial charge on any atom is 0.254 e. The van der Waals surface area contributed by atoms with E-state index in [1.54, 1.807) is 0 Å². The van der Waals surface area contributed by atoms with Gasteiger partial charge in [0.2, 0.25) is 5.91 Å². The first-order chi connectivity index (χ1) is 13.5. The summed E-state index contributed by atoms with van der Waals surface area (Å²) in [5.41, 5.74) is 4.56. The number of amides is 2. The maximum atomic E-state index is 13.2. The molecule has 4 heteroatoms. The van der Waals surface area contributed by atoms with Crippen molar-refractivity contribution in [1.29, 1.82) is 0 Å². The molecule has 2 aliphatic rings. The maximum absolute atomic E-state index is 13.2. The lowest BCUT2D eigenvalue weighted by Crippen LogP contribution is -2.50. The molecule has 2 aliphatic heterocycles. The van der Waals surface area contributed by atoms with E-state index in [0.29, 0.717) is 6.42 Å². The third kappa shape index (κ3) is 3.96. The van der Waals surface area contributed by atoms with Gasteiger partial charge in [-0.1, -0.05) is 48.0 Å². The monoisotopic (exact) mass is 376 g/mol. The molecule has 2 fully saturated rings. The Morgan fingerprint density at radius 2 is 1.75 bits per heavy atom. The lowest BCUT2D eigenvalue weighted by atomic mass is 9.73. The molecule has 4 nitrogen and oxygen atoms in total. The van der Waals surface area contributed by atoms with E-state index >= 15 is 0 Å². The van der Waals surface area contributed by atoms with Crippen molar-refractivity contribution in [2.45, 2.75) is 39.0 Å². The van der Waals surface area contributed by atoms with Crippen molar-refractivity contribution in [3.63, 3.8) is 0 Å². The number of rotatable bonds is 3. The van der Waals surface area contributed by atoms with Gasteiger partial charge in [-0.3, -0.25) is 9.59 Å². The number of carbonyl (C=O) groups excluding carboxylic acids is 2. The van der Waals surface area contributed by atoms with Crippen LogP contribution >= 0.6 is 0 Å². The van der Waals surface area contributed by atoms with Crippen LogP contribution in [-0.4, -0.2) is 36.3 Å². The van der Waals surface area contributed by atoms with Crippen LogP contribution in [0.1, 0.15) is 52.7 Å². The quantitative estimate of drug-likeness (QED) is 0.888. The van der Waals surface area contributed by atoms with Gasteiger partial charge < -0.3 is 10.2 Å². The Morgan fingerprint density at radius 1 is 1.04 bits per heavy atom. The lowest BCUT2D eigenvalue weighted by molar-refractivity contribution is -0.125. The molecule has 0 atom stereocenters. The highest BCUT2D eigenvalue weighted by molar-refractivity contribution is 5.96. The Kier molecular flexibility index (Phi) is 5.21. The molecule has 4 rings (SSSR count). The summed E-state index contributed by atoms with van der Waals surface area (Å²) in [4.78, 5) is 26.7. The van der Waals surface area contributed by atoms with Gasteiger partial charge in [-0.05, 0) is 55.2 Å². The van der Waals surface area contributed by atoms with Gasteiger partial charge >= 0.3 is 0 Å². The van der Waals surface area contributed by atoms with E-state index in [1.807, 2.05) is 23.1 Å². The molecular weight excluding hydrogens is 348 g/mol. The number of carbonyl (C=O) groups is 2. The van der Waals surface area contributed by atoms with E-state index in [4.69, 9.17) is 0 Å². The summed E-state index contributed by atoms with van der Waals surface area (Å²) in [5, 5.41) is 3.02. The lowest BCUT2D eigenvalue weighted by Gasteiger charge is -2.44. The van der Waals surface area contributed by atoms with Gasteiger partial charge in [-0.25, -0.2) is 0 Å². The summed E-state index contributed by atoms with van der Waals surface area (Å²) in [6.45, 7) is 4.39. The Balaban J connectivity index is 1.45. The van der Waals surface area contributed by atoms with Gasteiger partial charge in [0.1, 0.15) is 0 Å². The van der Waals surface area contributed by atoms with Crippen molar-refractivity contribution in [3.05, 3.63) is 70.8 Å². The summed E-state index contributed by atoms with van der Waals surface area (Å²) in [6, 6.07) is 16.5. The number of nitrogens with zero attached hydrogens (tertiary/aromatic N) is 1. The topological polar surface area (TPSA) is 49.4 Å². The molecule has 0 bridgehead atoms. The smallest absolute Gasteiger partial charge is 0.254 e. The van der Waals surface area contributed by atoms with E-state index in [1.165, 1.54) is 11.1 Å². The second-order valence-corrected chi connectivity index (χ2v) is 8.39. The molecule has 2 aromatic rings. The SMILES string of the molecule is Cc1ccc(Cc2ccccc2C(=O)N2CCC3(CCC(=O)NC3)CC2)cc1. The fourth-order valence-corrected chi connectivity index (χ4v) is 4.43. The van der Waals surface area contributed by atoms with Gasteiger partial charge in [0.05, 0.1) is 0 Å². The Hall–Kier alpha value is -2.62. The molecule has 1 N–H and O–H groups in total. The van der Waals surface area contributed by atoms with E-state index in [0.717, 1.165) is 56.4 Å². The van der Waals surface area contributed by atoms with Gasteiger partial charge in [-0.15, -0.1) is 0 Å². The van der Waals surface area contributed by atoms with Gasteiger partial charge in [0, 0.05) is 31.6 Å². The van der Waals surface area contributed by atoms with Crippen molar-refractivity contribution < 1.29 is 9.59 Å². The normalized spacial score (nSPS) is 18.8. The van der Waals surface area contributed by atoms with Crippen LogP contribution < -0.4 is 5.32 Å². The molecule has 2 saturated heterocycles. The standard InChI is InChI=1S/C24H28N2O2/c1-18-6-8-19(9-7-18)16-20-4-2-3-5-21(20)23(28)26-14-12-24(13-15-26)11-10-22(27)25-17-24/h2-9H,10-17H2,1H3,(H,25,27). The molecule has 2 heterocycles. The molecular formula is C24H28N2O2. The van der Waals surface area contributed by atoms with Gasteiger partial charge in [-0.2, -0.15) is 0 Å². The Bertz CT molecular complexity index is 852. The summed E-state index contributed by atoms with van der Waals surface area (Å²) in [6.07, 6.45) is 4.28. The molecule has 2 aromatic carbocycles. The molecule has 2 amide bonds. The fourth-order valence-electron chi connectivity index (χ4n) is 4.43. The second-order valence-electron chi connectivity index (χ2n) is 8.39. The van der Waals surface area contributed by atoms with E-state index in [9.17, 15) is 9.59 Å². The predicted octanol–water partition coefficient (Wildman–Crippen LogP) is 3.72. The summed E-state index contributed by atoms with van der Waals surface area (Å²) >= 11 is 0. The summed E-state index contributed by atoms with van der Waals surface area (Å²) in [5.74, 6) is 0.298. The minimum atomic E-state index is 0.136. The molecule has 146 valence electrons. The molecule has 0 saturated carbocycles. The Labute approximate surface area is 166 Å². The number of benzene rings is 2. The molecule has 0 aromatic heterocycles. The predicted molar refractivity (Wildman–Crippen MR) is 110 cm³/mol. The zero-order valence-electron chi connectivity index (χ0n) is 16.5. The minimum absolute atomic E-state index is 0.136. The highest BCUT2D eigenvalue weighted by Crippen LogP contribution is 2.38. The van der Waals surface area contributed by atoms with Crippen molar-refractivity contribution in [2.75, 3.05) is 19.6 Å². The first kappa shape index (κ1) is 18.7. The van der Waals surface area contributed by atoms with Crippen molar-refractivity contribution in [3.8, 4) is 0 Å². The summed E-state index contributed by atoms with van der Waals surface area (Å²) in [7, 11) is 0. The molecule has 0 unspecified atom stereocenters. The number of piperidine rings is 2. The molecule has 1 spiro atoms. The van der Waals surface area contributed by atoms with Crippen LogP contribution in [0.15, 0.2) is 48.5 Å². The zero-order chi connectivity index (χ0) is 19.6. The second kappa shape index (κ2) is 7.78. The fraction of sp³-hybridized carbons (Fsp3) is 0.417. The van der Waals surface area contributed by atoms with Crippen LogP contribution in [0, 0.1) is 12.3 Å². The highest BCUT2D eigenvalue weighted by atomic mass is 16.2. The van der Waals surface area contributed by atoms with Crippen LogP contribution in [0.4, 0.5) is 0 Å². The number of likely N-dealkylation sites (tertiary alicyclic amines) is 1. The molecule has 0 aliphatic carbocycles. The average Bonchev–Trinajstić information content (AvgIpc) is 2.73. The third-order valence-corrected chi connectivity index (χ3v) is 6.42. The van der Waals surface area contributed by atoms with Crippen molar-refractivity contribution in [1.82, 2.24) is 10.2 Å². The molecule has 0 radical (unpaired) electrons. The van der Waals surface area contributed by atoms with Crippen molar-refractivity contribution in [2.24, 2.45) is 5.41 Å². The first-order valence-electron chi connectivity index (χ1n) is 10.2. The van der Waals surface area contributed by atoms with Crippen molar-refractivity contribution >= 4 is 11.8 Å². The number of hydrogen-bond donors (Lipinski definition) is 1. The van der Waals surface area contributed by atoms with Crippen LogP contribution in [0.25, 0.3) is 0 Å². The van der Waals surface area contributed by atoms with Crippen LogP contribution in [0.2, 0.25) is 0 Å². The van der Waals surface area contributed by atoms with Gasteiger partial charge in [0.15, 0.2) is 0 Å². The first-order valence-corrected chi connectivity index (χ1v) is 10.2. The number of nitrogens with one attached hydrogen (secondary N) is 1. The van der Waals surface area contributed by atoms with E-state index in [-0.39, 0.29) is 17.2 Å². The minimum Gasteiger partial charge on any atom is -0.356 e. The van der Waals surface area contributed by atoms with E-state index < -0.39 is 0 Å². The molecule has 28 heavy (non-hydrogen) atoms. The zero-order valence-corrected chi connectivity index (χ0v) is 16.5. The van der Waals surface area contributed by atoms with E-state index in [2.05, 4.69) is 42.6 Å². The Morgan fingerprint density at radius 3 is 2.43 bits per heavy atom. The number of hydrogen-bond acceptors (Lipinski definition) is 2. The highest BCUT2D eigenvalue weighted by Gasteiger charge is 2.38. The largest absolute Gasteiger partial charge is 0.356 e. The summed E-state index contributed by atoms with van der Waals surface area (Å²) < 4.78 is 0. The van der Waals surface area contributed by atoms with Crippen LogP contribution in [0.5, 0.6) is 0 Å². The third-order valence-electron chi connectivity index (χ3n) is 6.42. The van der Waals surface area contributed by atoms with Crippen LogP contribution in [-0.2, 0) is 11.2 Å². The van der Waals surface area contributed by atoms with Gasteiger partial charge in [0.25, 0.3) is 5.91 Å². The average molecular weight is 377 g/mol.